The molecule has 120 valence electrons. The fourth-order valence-corrected chi connectivity index (χ4v) is 3.59. The maximum absolute atomic E-state index is 6.04. The zero-order valence-electron chi connectivity index (χ0n) is 12.9. The molecule has 0 bridgehead atoms. The minimum atomic E-state index is 0.349. The Labute approximate surface area is 155 Å². The van der Waals surface area contributed by atoms with Crippen LogP contribution in [0, 0.1) is 0 Å². The van der Waals surface area contributed by atoms with Crippen LogP contribution < -0.4 is 4.90 Å². The topological polar surface area (TPSA) is 29.0 Å². The summed E-state index contributed by atoms with van der Waals surface area (Å²) in [4.78, 5) is 2.84. The highest BCUT2D eigenvalue weighted by Crippen LogP contribution is 2.33. The van der Waals surface area contributed by atoms with Gasteiger partial charge in [-0.1, -0.05) is 84.1 Å². The highest BCUT2D eigenvalue weighted by Gasteiger charge is 2.15. The van der Waals surface area contributed by atoms with Gasteiger partial charge in [0.25, 0.3) is 0 Å². The van der Waals surface area contributed by atoms with E-state index >= 15 is 0 Å². The average Bonchev–Trinajstić information content (AvgIpc) is 2.62. The second-order valence-corrected chi connectivity index (χ2v) is 7.07. The van der Waals surface area contributed by atoms with E-state index < -0.39 is 0 Å². The van der Waals surface area contributed by atoms with Crippen molar-refractivity contribution in [2.45, 2.75) is 4.90 Å². The van der Waals surface area contributed by atoms with Crippen LogP contribution in [-0.4, -0.2) is 21.6 Å². The van der Waals surface area contributed by atoms with Crippen LogP contribution in [0.15, 0.2) is 71.6 Å². The van der Waals surface area contributed by atoms with Gasteiger partial charge in [-0.05, 0) is 18.2 Å². The van der Waals surface area contributed by atoms with Gasteiger partial charge in [0.15, 0.2) is 5.15 Å². The van der Waals surface area contributed by atoms with E-state index in [0.29, 0.717) is 9.47 Å². The van der Waals surface area contributed by atoms with Crippen molar-refractivity contribution in [3.8, 4) is 11.3 Å². The van der Waals surface area contributed by atoms with Gasteiger partial charge in [0, 0.05) is 23.2 Å². The molecular weight excluding hydrogens is 358 g/mol. The van der Waals surface area contributed by atoms with E-state index in [2.05, 4.69) is 10.2 Å². The summed E-state index contributed by atoms with van der Waals surface area (Å²) in [6, 6.07) is 21.7. The van der Waals surface area contributed by atoms with E-state index in [9.17, 15) is 0 Å². The minimum absolute atomic E-state index is 0.349. The number of aromatic nitrogens is 2. The molecule has 0 N–H and O–H groups in total. The summed E-state index contributed by atoms with van der Waals surface area (Å²) in [5.41, 5.74) is 2.78. The number of thiocarbonyl (C=S) groups is 1. The molecule has 0 saturated carbocycles. The van der Waals surface area contributed by atoms with Crippen molar-refractivity contribution < 1.29 is 0 Å². The highest BCUT2D eigenvalue weighted by atomic mass is 35.5. The second kappa shape index (κ2) is 7.75. The van der Waals surface area contributed by atoms with Crippen LogP contribution in [0.25, 0.3) is 11.3 Å². The van der Waals surface area contributed by atoms with Crippen LogP contribution in [0.1, 0.15) is 0 Å². The van der Waals surface area contributed by atoms with Crippen molar-refractivity contribution in [3.05, 3.63) is 71.9 Å². The van der Waals surface area contributed by atoms with Gasteiger partial charge in [-0.2, -0.15) is 0 Å². The van der Waals surface area contributed by atoms with E-state index in [0.717, 1.165) is 21.8 Å². The fourth-order valence-electron chi connectivity index (χ4n) is 2.15. The van der Waals surface area contributed by atoms with Crippen molar-refractivity contribution >= 4 is 45.6 Å². The Balaban J connectivity index is 1.90. The number of hydrogen-bond acceptors (Lipinski definition) is 4. The van der Waals surface area contributed by atoms with Gasteiger partial charge >= 0.3 is 0 Å². The number of nitrogens with zero attached hydrogens (tertiary/aromatic N) is 3. The molecule has 0 radical (unpaired) electrons. The molecule has 0 aliphatic carbocycles. The van der Waals surface area contributed by atoms with Crippen LogP contribution in [0.3, 0.4) is 0 Å². The monoisotopic (exact) mass is 371 g/mol. The van der Waals surface area contributed by atoms with E-state index in [-0.39, 0.29) is 0 Å². The SMILES string of the molecule is CN(C(=S)Sc1cc(Cl)nnc1-c1ccccc1)c1ccccc1. The molecule has 3 nitrogen and oxygen atoms in total. The summed E-state index contributed by atoms with van der Waals surface area (Å²) in [7, 11) is 1.95. The maximum atomic E-state index is 6.04. The van der Waals surface area contributed by atoms with Gasteiger partial charge in [-0.3, -0.25) is 0 Å². The molecule has 0 amide bonds. The summed E-state index contributed by atoms with van der Waals surface area (Å²) in [5, 5.41) is 8.57. The van der Waals surface area contributed by atoms with Gasteiger partial charge in [0.2, 0.25) is 0 Å². The summed E-state index contributed by atoms with van der Waals surface area (Å²) in [6.45, 7) is 0. The first-order valence-electron chi connectivity index (χ1n) is 7.24. The van der Waals surface area contributed by atoms with Crippen LogP contribution in [0.2, 0.25) is 5.15 Å². The molecule has 24 heavy (non-hydrogen) atoms. The van der Waals surface area contributed by atoms with E-state index in [1.165, 1.54) is 11.8 Å². The molecule has 0 aliphatic heterocycles. The standard InChI is InChI=1S/C18H14ClN3S2/c1-22(14-10-6-3-7-11-14)18(23)24-15-12-16(19)20-21-17(15)13-8-4-2-5-9-13/h2-12H,1H3. The molecule has 0 unspecified atom stereocenters. The van der Waals surface area contributed by atoms with Crippen molar-refractivity contribution in [1.29, 1.82) is 0 Å². The summed E-state index contributed by atoms with van der Waals surface area (Å²) in [6.07, 6.45) is 0. The predicted molar refractivity (Wildman–Crippen MR) is 106 cm³/mol. The lowest BCUT2D eigenvalue weighted by atomic mass is 10.1. The van der Waals surface area contributed by atoms with E-state index in [4.69, 9.17) is 23.8 Å². The molecule has 2 aromatic carbocycles. The summed E-state index contributed by atoms with van der Waals surface area (Å²) in [5.74, 6) is 0. The first-order valence-corrected chi connectivity index (χ1v) is 8.84. The minimum Gasteiger partial charge on any atom is -0.330 e. The van der Waals surface area contributed by atoms with Crippen LogP contribution in [0.4, 0.5) is 5.69 Å². The smallest absolute Gasteiger partial charge is 0.152 e. The third kappa shape index (κ3) is 3.93. The first kappa shape index (κ1) is 16.9. The Morgan fingerprint density at radius 1 is 1.00 bits per heavy atom. The third-order valence-electron chi connectivity index (χ3n) is 3.39. The maximum Gasteiger partial charge on any atom is 0.152 e. The molecule has 0 atom stereocenters. The second-order valence-electron chi connectivity index (χ2n) is 5.01. The van der Waals surface area contributed by atoms with Gasteiger partial charge in [0.1, 0.15) is 10.0 Å². The molecule has 0 spiro atoms. The van der Waals surface area contributed by atoms with Gasteiger partial charge in [0.05, 0.1) is 0 Å². The number of para-hydroxylation sites is 1. The summed E-state index contributed by atoms with van der Waals surface area (Å²) >= 11 is 13.1. The Morgan fingerprint density at radius 2 is 1.62 bits per heavy atom. The number of benzene rings is 2. The molecule has 0 aliphatic rings. The zero-order valence-corrected chi connectivity index (χ0v) is 15.3. The van der Waals surface area contributed by atoms with Crippen molar-refractivity contribution in [2.24, 2.45) is 0 Å². The Morgan fingerprint density at radius 3 is 2.29 bits per heavy atom. The lowest BCUT2D eigenvalue weighted by Gasteiger charge is -2.20. The first-order chi connectivity index (χ1) is 11.6. The third-order valence-corrected chi connectivity index (χ3v) is 5.08. The van der Waals surface area contributed by atoms with Gasteiger partial charge in [-0.15, -0.1) is 10.2 Å². The number of thioether (sulfide) groups is 1. The number of hydrogen-bond donors (Lipinski definition) is 0. The molecule has 0 fully saturated rings. The van der Waals surface area contributed by atoms with Crippen molar-refractivity contribution in [2.75, 3.05) is 11.9 Å². The zero-order chi connectivity index (χ0) is 16.9. The number of rotatable bonds is 3. The molecule has 0 saturated heterocycles. The van der Waals surface area contributed by atoms with Gasteiger partial charge < -0.3 is 4.90 Å². The largest absolute Gasteiger partial charge is 0.330 e. The average molecular weight is 372 g/mol. The Kier molecular flexibility index (Phi) is 5.45. The highest BCUT2D eigenvalue weighted by molar-refractivity contribution is 8.23. The normalized spacial score (nSPS) is 10.4. The number of halogens is 1. The van der Waals surface area contributed by atoms with Crippen LogP contribution in [-0.2, 0) is 0 Å². The van der Waals surface area contributed by atoms with Crippen LogP contribution in [0.5, 0.6) is 0 Å². The van der Waals surface area contributed by atoms with Crippen molar-refractivity contribution in [3.63, 3.8) is 0 Å². The van der Waals surface area contributed by atoms with E-state index in [1.807, 2.05) is 72.6 Å². The molecule has 6 heteroatoms. The van der Waals surface area contributed by atoms with E-state index in [1.54, 1.807) is 6.07 Å². The lowest BCUT2D eigenvalue weighted by molar-refractivity contribution is 1.01. The fraction of sp³-hybridized carbons (Fsp3) is 0.0556. The molecule has 1 aromatic heterocycles. The predicted octanol–water partition coefficient (Wildman–Crippen LogP) is 5.31. The lowest BCUT2D eigenvalue weighted by Crippen LogP contribution is -2.21. The Bertz CT molecular complexity index is 841. The number of anilines is 1. The Hall–Kier alpha value is -1.95. The molecule has 1 heterocycles. The van der Waals surface area contributed by atoms with Crippen molar-refractivity contribution in [1.82, 2.24) is 10.2 Å². The van der Waals surface area contributed by atoms with Gasteiger partial charge in [-0.25, -0.2) is 0 Å². The molecular formula is C18H14ClN3S2. The summed E-state index contributed by atoms with van der Waals surface area (Å²) < 4.78 is 0.711. The quantitative estimate of drug-likeness (QED) is 0.459. The molecule has 3 rings (SSSR count). The van der Waals surface area contributed by atoms with Crippen LogP contribution >= 0.6 is 35.6 Å². The molecule has 3 aromatic rings.